The van der Waals surface area contributed by atoms with E-state index in [1.54, 1.807) is 6.20 Å². The molecule has 3 aromatic carbocycles. The molecule has 0 aliphatic carbocycles. The van der Waals surface area contributed by atoms with Crippen molar-refractivity contribution >= 4 is 33.3 Å². The molecule has 2 fully saturated rings. The Morgan fingerprint density at radius 1 is 0.878 bits per heavy atom. The fourth-order valence-corrected chi connectivity index (χ4v) is 6.17. The van der Waals surface area contributed by atoms with Gasteiger partial charge in [0.05, 0.1) is 30.0 Å². The summed E-state index contributed by atoms with van der Waals surface area (Å²) in [5.74, 6) is 0.939. The van der Waals surface area contributed by atoms with Crippen LogP contribution in [0.1, 0.15) is 23.2 Å². The van der Waals surface area contributed by atoms with Crippen molar-refractivity contribution in [3.63, 3.8) is 0 Å². The van der Waals surface area contributed by atoms with Crippen LogP contribution in [0.3, 0.4) is 0 Å². The van der Waals surface area contributed by atoms with Crippen molar-refractivity contribution < 1.29 is 14.3 Å². The number of anilines is 1. The Morgan fingerprint density at radius 2 is 1.61 bits per heavy atom. The van der Waals surface area contributed by atoms with E-state index in [-0.39, 0.29) is 16.9 Å². The fraction of sp³-hybridized carbons (Fsp3) is 0.375. The lowest BCUT2D eigenvalue weighted by Gasteiger charge is -2.27. The predicted octanol–water partition coefficient (Wildman–Crippen LogP) is 3.82. The van der Waals surface area contributed by atoms with Crippen LogP contribution >= 0.6 is 0 Å². The minimum atomic E-state index is -0.364. The van der Waals surface area contributed by atoms with E-state index in [0.29, 0.717) is 42.2 Å². The lowest BCUT2D eigenvalue weighted by Crippen LogP contribution is -2.42. The number of benzene rings is 3. The average Bonchev–Trinajstić information content (AvgIpc) is 3.52. The molecule has 0 saturated carbocycles. The minimum Gasteiger partial charge on any atom is -0.451 e. The third-order valence-electron chi connectivity index (χ3n) is 8.42. The predicted molar refractivity (Wildman–Crippen MR) is 161 cm³/mol. The second-order valence-corrected chi connectivity index (χ2v) is 11.0. The number of pyridine rings is 1. The van der Waals surface area contributed by atoms with Crippen LogP contribution in [0.25, 0.3) is 27.4 Å². The Hall–Kier alpha value is -3.92. The number of fused-ring (bicyclic) bond motifs is 3. The first-order valence-electron chi connectivity index (χ1n) is 14.6. The van der Waals surface area contributed by atoms with E-state index in [2.05, 4.69) is 38.6 Å². The van der Waals surface area contributed by atoms with E-state index in [4.69, 9.17) is 9.47 Å². The number of rotatable bonds is 8. The highest BCUT2D eigenvalue weighted by Crippen LogP contribution is 2.45. The topological polar surface area (TPSA) is 88.1 Å². The second-order valence-electron chi connectivity index (χ2n) is 11.0. The molecule has 0 unspecified atom stereocenters. The Kier molecular flexibility index (Phi) is 7.08. The molecule has 1 aromatic heterocycles. The number of carbonyl (C=O) groups excluding carboxylic acids is 1. The van der Waals surface area contributed by atoms with E-state index < -0.39 is 0 Å². The molecule has 0 spiro atoms. The molecular weight excluding hydrogens is 518 g/mol. The molecule has 1 amide bonds. The number of ether oxygens (including phenoxy) is 2. The zero-order chi connectivity index (χ0) is 27.8. The zero-order valence-corrected chi connectivity index (χ0v) is 23.2. The molecule has 7 rings (SSSR count). The third-order valence-corrected chi connectivity index (χ3v) is 8.42. The van der Waals surface area contributed by atoms with Gasteiger partial charge >= 0.3 is 0 Å². The molecule has 9 nitrogen and oxygen atoms in total. The largest absolute Gasteiger partial charge is 0.451 e. The second kappa shape index (κ2) is 11.2. The van der Waals surface area contributed by atoms with Crippen LogP contribution in [0.2, 0.25) is 0 Å². The van der Waals surface area contributed by atoms with Gasteiger partial charge in [0.2, 0.25) is 5.43 Å². The van der Waals surface area contributed by atoms with Gasteiger partial charge in [-0.1, -0.05) is 24.3 Å². The molecule has 9 heteroatoms. The molecular formula is C32H35N5O4. The molecule has 3 aliphatic rings. The van der Waals surface area contributed by atoms with Crippen molar-refractivity contribution in [2.24, 2.45) is 0 Å². The monoisotopic (exact) mass is 553 g/mol. The van der Waals surface area contributed by atoms with Gasteiger partial charge < -0.3 is 29.6 Å². The summed E-state index contributed by atoms with van der Waals surface area (Å²) in [6.45, 7) is 8.30. The first-order chi connectivity index (χ1) is 20.2. The molecule has 212 valence electrons. The van der Waals surface area contributed by atoms with E-state index in [0.717, 1.165) is 68.0 Å². The van der Waals surface area contributed by atoms with Crippen molar-refractivity contribution in [1.29, 1.82) is 0 Å². The zero-order valence-electron chi connectivity index (χ0n) is 23.2. The van der Waals surface area contributed by atoms with Crippen LogP contribution in [0.4, 0.5) is 5.69 Å². The summed E-state index contributed by atoms with van der Waals surface area (Å²) in [4.78, 5) is 31.8. The van der Waals surface area contributed by atoms with E-state index in [9.17, 15) is 9.59 Å². The van der Waals surface area contributed by atoms with Gasteiger partial charge in [-0.05, 0) is 61.0 Å². The van der Waals surface area contributed by atoms with Gasteiger partial charge in [0.1, 0.15) is 11.1 Å². The van der Waals surface area contributed by atoms with Crippen molar-refractivity contribution in [2.75, 3.05) is 70.9 Å². The standard InChI is InChI=1S/C32H35N5O4/c38-30-24-7-8-26(33-9-13-35-11-3-4-12-35)31-29(24)37(27-19-22-5-1-2-6-23(22)20-28(27)41-31)21-25(30)32(39)34-10-14-36-15-17-40-18-16-36/h1-2,5-8,19-21,33H,3-4,9-18H2,(H,34,39). The van der Waals surface area contributed by atoms with Crippen molar-refractivity contribution in [2.45, 2.75) is 12.8 Å². The normalized spacial score (nSPS) is 17.0. The number of hydrogen-bond acceptors (Lipinski definition) is 7. The Morgan fingerprint density at radius 3 is 2.41 bits per heavy atom. The number of nitrogens with zero attached hydrogens (tertiary/aromatic N) is 3. The van der Waals surface area contributed by atoms with Gasteiger partial charge in [-0.3, -0.25) is 14.5 Å². The van der Waals surface area contributed by atoms with Gasteiger partial charge in [0.15, 0.2) is 11.5 Å². The van der Waals surface area contributed by atoms with Gasteiger partial charge in [-0.25, -0.2) is 0 Å². The first kappa shape index (κ1) is 26.0. The number of hydrogen-bond donors (Lipinski definition) is 2. The highest BCUT2D eigenvalue weighted by molar-refractivity contribution is 6.01. The first-order valence-corrected chi connectivity index (χ1v) is 14.6. The van der Waals surface area contributed by atoms with E-state index >= 15 is 0 Å². The van der Waals surface area contributed by atoms with Crippen molar-refractivity contribution in [3.05, 3.63) is 70.5 Å². The maximum absolute atomic E-state index is 13.7. The van der Waals surface area contributed by atoms with E-state index in [1.165, 1.54) is 12.8 Å². The molecule has 41 heavy (non-hydrogen) atoms. The number of likely N-dealkylation sites (tertiary alicyclic amines) is 1. The van der Waals surface area contributed by atoms with Crippen LogP contribution in [0.15, 0.2) is 59.5 Å². The molecule has 0 atom stereocenters. The van der Waals surface area contributed by atoms with Crippen molar-refractivity contribution in [3.8, 4) is 17.2 Å². The van der Waals surface area contributed by atoms with Crippen molar-refractivity contribution in [1.82, 2.24) is 19.7 Å². The maximum atomic E-state index is 13.7. The van der Waals surface area contributed by atoms with Gasteiger partial charge in [-0.15, -0.1) is 0 Å². The van der Waals surface area contributed by atoms with Gasteiger partial charge in [-0.2, -0.15) is 0 Å². The van der Waals surface area contributed by atoms with Crippen LogP contribution in [0, 0.1) is 0 Å². The summed E-state index contributed by atoms with van der Waals surface area (Å²) in [5.41, 5.74) is 2.15. The quantitative estimate of drug-likeness (QED) is 0.302. The molecule has 0 bridgehead atoms. The average molecular weight is 554 g/mol. The summed E-state index contributed by atoms with van der Waals surface area (Å²) in [5, 5.41) is 9.11. The highest BCUT2D eigenvalue weighted by atomic mass is 16.5. The Labute approximate surface area is 238 Å². The Balaban J connectivity index is 1.26. The summed E-state index contributed by atoms with van der Waals surface area (Å²) >= 11 is 0. The Bertz CT molecular complexity index is 1670. The van der Waals surface area contributed by atoms with Crippen LogP contribution < -0.4 is 20.8 Å². The number of amides is 1. The number of nitrogens with one attached hydrogen (secondary N) is 2. The van der Waals surface area contributed by atoms with Crippen LogP contribution in [-0.2, 0) is 4.74 Å². The van der Waals surface area contributed by atoms with E-state index in [1.807, 2.05) is 34.9 Å². The number of carbonyl (C=O) groups is 1. The SMILES string of the molecule is O=C(NCCN1CCOCC1)c1cn2c3c(c(NCCN4CCCC4)ccc3c1=O)Oc1cc3ccccc3cc1-2. The minimum absolute atomic E-state index is 0.126. The summed E-state index contributed by atoms with van der Waals surface area (Å²) in [7, 11) is 0. The summed E-state index contributed by atoms with van der Waals surface area (Å²) < 4.78 is 13.9. The molecule has 2 N–H and O–H groups in total. The van der Waals surface area contributed by atoms with Gasteiger partial charge in [0.25, 0.3) is 5.91 Å². The lowest BCUT2D eigenvalue weighted by atomic mass is 10.0. The number of morpholine rings is 1. The fourth-order valence-electron chi connectivity index (χ4n) is 6.17. The summed E-state index contributed by atoms with van der Waals surface area (Å²) in [6.07, 6.45) is 4.19. The number of aromatic nitrogens is 1. The van der Waals surface area contributed by atoms with Crippen LogP contribution in [0.5, 0.6) is 11.5 Å². The third kappa shape index (κ3) is 5.05. The molecule has 3 aliphatic heterocycles. The molecule has 4 heterocycles. The molecule has 4 aromatic rings. The van der Waals surface area contributed by atoms with Gasteiger partial charge in [0, 0.05) is 45.5 Å². The molecule has 0 radical (unpaired) electrons. The smallest absolute Gasteiger partial charge is 0.256 e. The highest BCUT2D eigenvalue weighted by Gasteiger charge is 2.27. The molecule has 2 saturated heterocycles. The lowest BCUT2D eigenvalue weighted by molar-refractivity contribution is 0.0383. The summed E-state index contributed by atoms with van der Waals surface area (Å²) in [6, 6.07) is 15.9. The maximum Gasteiger partial charge on any atom is 0.256 e. The van der Waals surface area contributed by atoms with Crippen LogP contribution in [-0.4, -0.2) is 85.8 Å².